The van der Waals surface area contributed by atoms with Crippen LogP contribution in [0, 0.1) is 11.8 Å². The maximum atomic E-state index is 9.34. The van der Waals surface area contributed by atoms with Crippen molar-refractivity contribution >= 4 is 0 Å². The van der Waals surface area contributed by atoms with E-state index in [-0.39, 0.29) is 0 Å². The Morgan fingerprint density at radius 1 is 1.46 bits per heavy atom. The highest BCUT2D eigenvalue weighted by molar-refractivity contribution is 5.08. The van der Waals surface area contributed by atoms with Crippen molar-refractivity contribution in [3.63, 3.8) is 0 Å². The lowest BCUT2D eigenvalue weighted by Crippen LogP contribution is -2.02. The van der Waals surface area contributed by atoms with Crippen LogP contribution in [0.4, 0.5) is 0 Å². The third kappa shape index (κ3) is 9.17. The van der Waals surface area contributed by atoms with Gasteiger partial charge in [0.2, 0.25) is 0 Å². The summed E-state index contributed by atoms with van der Waals surface area (Å²) in [5.74, 6) is 5.80. The zero-order chi connectivity index (χ0) is 10.1. The van der Waals surface area contributed by atoms with Crippen molar-refractivity contribution in [1.82, 2.24) is 0 Å². The van der Waals surface area contributed by atoms with Crippen LogP contribution in [0.5, 0.6) is 0 Å². The molecule has 0 bridgehead atoms. The second-order valence-corrected chi connectivity index (χ2v) is 3.46. The van der Waals surface area contributed by atoms with E-state index in [2.05, 4.69) is 25.3 Å². The summed E-state index contributed by atoms with van der Waals surface area (Å²) in [6.45, 7) is 7.80. The van der Waals surface area contributed by atoms with E-state index in [1.54, 1.807) is 0 Å². The van der Waals surface area contributed by atoms with Gasteiger partial charge in [-0.15, -0.1) is 12.5 Å². The van der Waals surface area contributed by atoms with E-state index in [0.29, 0.717) is 6.42 Å². The molecule has 0 aromatic rings. The van der Waals surface area contributed by atoms with Gasteiger partial charge in [-0.2, -0.15) is 0 Å². The van der Waals surface area contributed by atoms with Gasteiger partial charge < -0.3 is 5.11 Å². The van der Waals surface area contributed by atoms with Crippen LogP contribution in [0.2, 0.25) is 0 Å². The molecule has 1 atom stereocenters. The fourth-order valence-corrected chi connectivity index (χ4v) is 1.03. The number of rotatable bonds is 5. The van der Waals surface area contributed by atoms with E-state index in [9.17, 15) is 5.11 Å². The summed E-state index contributed by atoms with van der Waals surface area (Å²) < 4.78 is 0. The second kappa shape index (κ2) is 7.89. The molecule has 0 amide bonds. The molecule has 1 N–H and O–H groups in total. The molecule has 0 spiro atoms. The maximum Gasteiger partial charge on any atom is 0.118 e. The average Bonchev–Trinajstić information content (AvgIpc) is 2.02. The molecule has 13 heavy (non-hydrogen) atoms. The Balaban J connectivity index is 3.51. The van der Waals surface area contributed by atoms with Crippen molar-refractivity contribution in [1.29, 1.82) is 0 Å². The monoisotopic (exact) mass is 180 g/mol. The first-order valence-electron chi connectivity index (χ1n) is 4.97. The molecule has 1 nitrogen and oxygen atoms in total. The van der Waals surface area contributed by atoms with Gasteiger partial charge in [-0.05, 0) is 13.3 Å². The van der Waals surface area contributed by atoms with E-state index in [4.69, 9.17) is 0 Å². The van der Waals surface area contributed by atoms with Gasteiger partial charge in [-0.25, -0.2) is 0 Å². The lowest BCUT2D eigenvalue weighted by molar-refractivity contribution is 0.233. The van der Waals surface area contributed by atoms with E-state index in [0.717, 1.165) is 18.4 Å². The van der Waals surface area contributed by atoms with Crippen molar-refractivity contribution in [3.05, 3.63) is 12.2 Å². The molecule has 0 unspecified atom stereocenters. The molecule has 0 rings (SSSR count). The van der Waals surface area contributed by atoms with Gasteiger partial charge in [0.15, 0.2) is 0 Å². The molecule has 0 fully saturated rings. The van der Waals surface area contributed by atoms with Gasteiger partial charge in [0.25, 0.3) is 0 Å². The Hall–Kier alpha value is -0.740. The number of aliphatic hydroxyl groups is 1. The molecule has 0 aliphatic heterocycles. The number of hydrogen-bond acceptors (Lipinski definition) is 1. The van der Waals surface area contributed by atoms with Crippen LogP contribution in [-0.2, 0) is 0 Å². The van der Waals surface area contributed by atoms with Crippen molar-refractivity contribution < 1.29 is 5.11 Å². The smallest absolute Gasteiger partial charge is 0.118 e. The van der Waals surface area contributed by atoms with Crippen molar-refractivity contribution in [2.24, 2.45) is 0 Å². The molecule has 1 heteroatoms. The molecule has 0 saturated heterocycles. The quantitative estimate of drug-likeness (QED) is 0.392. The van der Waals surface area contributed by atoms with E-state index in [1.807, 2.05) is 6.92 Å². The van der Waals surface area contributed by atoms with Crippen LogP contribution in [0.3, 0.4) is 0 Å². The molecule has 74 valence electrons. The van der Waals surface area contributed by atoms with Crippen LogP contribution < -0.4 is 0 Å². The summed E-state index contributed by atoms with van der Waals surface area (Å²) in [7, 11) is 0. The molecule has 0 aromatic heterocycles. The Morgan fingerprint density at radius 2 is 2.15 bits per heavy atom. The zero-order valence-electron chi connectivity index (χ0n) is 8.77. The normalized spacial score (nSPS) is 11.6. The summed E-state index contributed by atoms with van der Waals surface area (Å²) in [4.78, 5) is 0. The minimum absolute atomic E-state index is 0.515. The highest BCUT2D eigenvalue weighted by Gasteiger charge is 1.97. The molecular formula is C12H20O. The van der Waals surface area contributed by atoms with Crippen LogP contribution in [0.1, 0.15) is 46.0 Å². The first kappa shape index (κ1) is 12.3. The summed E-state index contributed by atoms with van der Waals surface area (Å²) in [5.41, 5.74) is 0.982. The molecule has 0 aliphatic carbocycles. The minimum atomic E-state index is -0.515. The van der Waals surface area contributed by atoms with Crippen LogP contribution >= 0.6 is 0 Å². The molecule has 0 heterocycles. The predicted molar refractivity (Wildman–Crippen MR) is 57.4 cm³/mol. The van der Waals surface area contributed by atoms with Gasteiger partial charge in [0.1, 0.15) is 6.10 Å². The zero-order valence-corrected chi connectivity index (χ0v) is 8.77. The lowest BCUT2D eigenvalue weighted by atomic mass is 10.1. The Kier molecular flexibility index (Phi) is 7.44. The fourth-order valence-electron chi connectivity index (χ4n) is 1.03. The maximum absolute atomic E-state index is 9.34. The summed E-state index contributed by atoms with van der Waals surface area (Å²) >= 11 is 0. The van der Waals surface area contributed by atoms with Crippen molar-refractivity contribution in [2.45, 2.75) is 52.1 Å². The van der Waals surface area contributed by atoms with Gasteiger partial charge in [-0.1, -0.05) is 31.3 Å². The standard InChI is InChI=1S/C12H20O/c1-4-5-6-7-8-9-12(13)10-11(2)3/h12-13H,2,4-7,10H2,1,3H3/t12-/m0/s1. The molecule has 0 aromatic carbocycles. The summed E-state index contributed by atoms with van der Waals surface area (Å²) in [6, 6.07) is 0. The SMILES string of the molecule is C=C(C)C[C@@H](O)C#CCCCCC. The Morgan fingerprint density at radius 3 is 2.69 bits per heavy atom. The third-order valence-corrected chi connectivity index (χ3v) is 1.72. The van der Waals surface area contributed by atoms with Crippen LogP contribution in [0.25, 0.3) is 0 Å². The summed E-state index contributed by atoms with van der Waals surface area (Å²) in [5, 5.41) is 9.34. The molecular weight excluding hydrogens is 160 g/mol. The average molecular weight is 180 g/mol. The van der Waals surface area contributed by atoms with Crippen molar-refractivity contribution in [3.8, 4) is 11.8 Å². The molecule has 0 aliphatic rings. The first-order valence-corrected chi connectivity index (χ1v) is 4.97. The first-order chi connectivity index (χ1) is 6.16. The highest BCUT2D eigenvalue weighted by atomic mass is 16.3. The largest absolute Gasteiger partial charge is 0.380 e. The lowest BCUT2D eigenvalue weighted by Gasteiger charge is -2.00. The third-order valence-electron chi connectivity index (χ3n) is 1.72. The van der Waals surface area contributed by atoms with E-state index in [1.165, 1.54) is 12.8 Å². The number of unbranched alkanes of at least 4 members (excludes halogenated alkanes) is 3. The highest BCUT2D eigenvalue weighted by Crippen LogP contribution is 2.01. The minimum Gasteiger partial charge on any atom is -0.380 e. The Labute approximate surface area is 81.9 Å². The van der Waals surface area contributed by atoms with Gasteiger partial charge >= 0.3 is 0 Å². The van der Waals surface area contributed by atoms with Crippen LogP contribution in [-0.4, -0.2) is 11.2 Å². The van der Waals surface area contributed by atoms with E-state index < -0.39 is 6.10 Å². The fraction of sp³-hybridized carbons (Fsp3) is 0.667. The van der Waals surface area contributed by atoms with Gasteiger partial charge in [0, 0.05) is 12.8 Å². The van der Waals surface area contributed by atoms with Gasteiger partial charge in [0.05, 0.1) is 0 Å². The number of hydrogen-bond donors (Lipinski definition) is 1. The van der Waals surface area contributed by atoms with Gasteiger partial charge in [-0.3, -0.25) is 0 Å². The summed E-state index contributed by atoms with van der Waals surface area (Å²) in [6.07, 6.45) is 4.58. The van der Waals surface area contributed by atoms with Crippen molar-refractivity contribution in [2.75, 3.05) is 0 Å². The molecule has 0 saturated carbocycles. The second-order valence-electron chi connectivity index (χ2n) is 3.46. The Bertz CT molecular complexity index is 195. The van der Waals surface area contributed by atoms with E-state index >= 15 is 0 Å². The molecule has 0 radical (unpaired) electrons. The number of aliphatic hydroxyl groups excluding tert-OH is 1. The van der Waals surface area contributed by atoms with Crippen LogP contribution in [0.15, 0.2) is 12.2 Å². The predicted octanol–water partition coefficient (Wildman–Crippen LogP) is 2.90. The topological polar surface area (TPSA) is 20.2 Å².